The molecule has 1 aromatic rings. The van der Waals surface area contributed by atoms with Crippen molar-refractivity contribution in [3.8, 4) is 0 Å². The summed E-state index contributed by atoms with van der Waals surface area (Å²) in [5.41, 5.74) is 0. The average Bonchev–Trinajstić information content (AvgIpc) is 2.58. The molecule has 82 valence electrons. The predicted octanol–water partition coefficient (Wildman–Crippen LogP) is 2.28. The number of hydrogen-bond acceptors (Lipinski definition) is 3. The van der Waals surface area contributed by atoms with Gasteiger partial charge in [-0.05, 0) is 18.2 Å². The third-order valence-corrected chi connectivity index (χ3v) is 2.94. The summed E-state index contributed by atoms with van der Waals surface area (Å²) in [5, 5.41) is 9.66. The van der Waals surface area contributed by atoms with Crippen LogP contribution < -0.4 is 0 Å². The third-order valence-electron chi connectivity index (χ3n) is 1.81. The van der Waals surface area contributed by atoms with E-state index in [-0.39, 0.29) is 0 Å². The van der Waals surface area contributed by atoms with E-state index in [0.29, 0.717) is 10.1 Å². The zero-order valence-electron chi connectivity index (χ0n) is 8.80. The maximum atomic E-state index is 10.9. The van der Waals surface area contributed by atoms with Gasteiger partial charge in [0.25, 0.3) is 0 Å². The molecule has 0 bridgehead atoms. The Morgan fingerprint density at radius 2 is 2.47 bits per heavy atom. The van der Waals surface area contributed by atoms with Gasteiger partial charge in [0.2, 0.25) is 0 Å². The van der Waals surface area contributed by atoms with Crippen LogP contribution in [-0.2, 0) is 11.8 Å². The van der Waals surface area contributed by atoms with E-state index in [1.165, 1.54) is 11.8 Å². The van der Waals surface area contributed by atoms with E-state index in [1.54, 1.807) is 23.0 Å². The van der Waals surface area contributed by atoms with Gasteiger partial charge in [-0.25, -0.2) is 9.78 Å². The lowest BCUT2D eigenvalue weighted by Crippen LogP contribution is -1.99. The van der Waals surface area contributed by atoms with Gasteiger partial charge in [-0.1, -0.05) is 19.4 Å². The first-order valence-corrected chi connectivity index (χ1v) is 5.55. The Kier molecular flexibility index (Phi) is 4.42. The minimum atomic E-state index is -0.892. The van der Waals surface area contributed by atoms with Crippen LogP contribution in [0.1, 0.15) is 19.8 Å². The number of aryl methyl sites for hydroxylation is 1. The molecule has 0 aromatic carbocycles. The second kappa shape index (κ2) is 5.60. The van der Waals surface area contributed by atoms with E-state index in [1.807, 2.05) is 14.0 Å². The first kappa shape index (κ1) is 11.8. The number of unbranched alkanes of at least 4 members (excludes halogenated alkanes) is 1. The molecule has 0 aliphatic rings. The Hall–Kier alpha value is -1.23. The van der Waals surface area contributed by atoms with Crippen LogP contribution in [0, 0.1) is 0 Å². The Labute approximate surface area is 93.0 Å². The zero-order valence-corrected chi connectivity index (χ0v) is 9.62. The lowest BCUT2D eigenvalue weighted by molar-refractivity contribution is -0.131. The van der Waals surface area contributed by atoms with Crippen LogP contribution >= 0.6 is 11.8 Å². The highest BCUT2D eigenvalue weighted by molar-refractivity contribution is 8.03. The molecule has 1 N–H and O–H groups in total. The second-order valence-corrected chi connectivity index (χ2v) is 4.09. The van der Waals surface area contributed by atoms with Crippen molar-refractivity contribution >= 4 is 17.7 Å². The van der Waals surface area contributed by atoms with Crippen molar-refractivity contribution in [2.75, 3.05) is 0 Å². The molecule has 0 unspecified atom stereocenters. The largest absolute Gasteiger partial charge is 0.477 e. The maximum absolute atomic E-state index is 10.9. The number of carboxylic acid groups (broad SMARTS) is 1. The smallest absolute Gasteiger partial charge is 0.342 e. The summed E-state index contributed by atoms with van der Waals surface area (Å²) in [6.45, 7) is 2.02. The molecule has 4 nitrogen and oxygen atoms in total. The van der Waals surface area contributed by atoms with E-state index < -0.39 is 5.97 Å². The van der Waals surface area contributed by atoms with Crippen molar-refractivity contribution in [2.45, 2.75) is 24.9 Å². The van der Waals surface area contributed by atoms with E-state index in [0.717, 1.165) is 12.8 Å². The van der Waals surface area contributed by atoms with Gasteiger partial charge >= 0.3 is 5.97 Å². The van der Waals surface area contributed by atoms with Gasteiger partial charge in [0.15, 0.2) is 5.16 Å². The molecule has 0 atom stereocenters. The number of hydrogen-bond donors (Lipinski definition) is 1. The van der Waals surface area contributed by atoms with Crippen LogP contribution in [0.5, 0.6) is 0 Å². The number of carbonyl (C=O) groups is 1. The summed E-state index contributed by atoms with van der Waals surface area (Å²) >= 11 is 1.18. The topological polar surface area (TPSA) is 55.1 Å². The predicted molar refractivity (Wildman–Crippen MR) is 59.7 cm³/mol. The highest BCUT2D eigenvalue weighted by atomic mass is 32.2. The standard InChI is InChI=1S/C10H14N2O2S/c1-3-4-5-8(9(13)14)15-10-11-6-7-12(10)2/h5-7H,3-4H2,1-2H3,(H,13,14)/b8-5-. The third kappa shape index (κ3) is 3.43. The first-order chi connectivity index (χ1) is 7.15. The maximum Gasteiger partial charge on any atom is 0.342 e. The Balaban J connectivity index is 2.76. The second-order valence-electron chi connectivity index (χ2n) is 3.08. The molecular weight excluding hydrogens is 212 g/mol. The van der Waals surface area contributed by atoms with Crippen LogP contribution in [0.25, 0.3) is 0 Å². The molecule has 0 aliphatic carbocycles. The van der Waals surface area contributed by atoms with Crippen LogP contribution in [0.4, 0.5) is 0 Å². The summed E-state index contributed by atoms with van der Waals surface area (Å²) in [7, 11) is 1.84. The number of aliphatic carboxylic acids is 1. The highest BCUT2D eigenvalue weighted by Crippen LogP contribution is 2.25. The summed E-state index contributed by atoms with van der Waals surface area (Å²) in [4.78, 5) is 15.3. The normalized spacial score (nSPS) is 11.7. The quantitative estimate of drug-likeness (QED) is 0.618. The van der Waals surface area contributed by atoms with Gasteiger partial charge in [0.1, 0.15) is 0 Å². The first-order valence-electron chi connectivity index (χ1n) is 4.73. The van der Waals surface area contributed by atoms with E-state index in [9.17, 15) is 4.79 Å². The van der Waals surface area contributed by atoms with Crippen molar-refractivity contribution in [2.24, 2.45) is 7.05 Å². The average molecular weight is 226 g/mol. The number of allylic oxidation sites excluding steroid dienone is 1. The molecule has 1 aromatic heterocycles. The fourth-order valence-electron chi connectivity index (χ4n) is 0.997. The van der Waals surface area contributed by atoms with Gasteiger partial charge < -0.3 is 9.67 Å². The van der Waals surface area contributed by atoms with Crippen molar-refractivity contribution in [3.05, 3.63) is 23.4 Å². The summed E-state index contributed by atoms with van der Waals surface area (Å²) in [5.74, 6) is -0.892. The molecule has 0 radical (unpaired) electrons. The van der Waals surface area contributed by atoms with Crippen LogP contribution in [-0.4, -0.2) is 20.6 Å². The number of thioether (sulfide) groups is 1. The molecule has 0 fully saturated rings. The number of rotatable bonds is 5. The summed E-state index contributed by atoms with van der Waals surface area (Å²) < 4.78 is 1.80. The molecule has 0 spiro atoms. The molecule has 0 amide bonds. The molecule has 5 heteroatoms. The van der Waals surface area contributed by atoms with Crippen LogP contribution in [0.3, 0.4) is 0 Å². The van der Waals surface area contributed by atoms with Crippen LogP contribution in [0.15, 0.2) is 28.5 Å². The fourth-order valence-corrected chi connectivity index (χ4v) is 1.80. The minimum Gasteiger partial charge on any atom is -0.477 e. The van der Waals surface area contributed by atoms with Gasteiger partial charge in [0, 0.05) is 19.4 Å². The number of nitrogens with zero attached hydrogens (tertiary/aromatic N) is 2. The fraction of sp³-hybridized carbons (Fsp3) is 0.400. The van der Waals surface area contributed by atoms with Gasteiger partial charge in [-0.2, -0.15) is 0 Å². The van der Waals surface area contributed by atoms with Crippen molar-refractivity contribution in [1.29, 1.82) is 0 Å². The summed E-state index contributed by atoms with van der Waals surface area (Å²) in [6.07, 6.45) is 6.90. The van der Waals surface area contributed by atoms with E-state index in [4.69, 9.17) is 5.11 Å². The number of carboxylic acids is 1. The lowest BCUT2D eigenvalue weighted by Gasteiger charge is -2.01. The Morgan fingerprint density at radius 1 is 1.73 bits per heavy atom. The van der Waals surface area contributed by atoms with Crippen molar-refractivity contribution < 1.29 is 9.90 Å². The SMILES string of the molecule is CCC/C=C(\Sc1nccn1C)C(=O)O. The molecule has 1 rings (SSSR count). The van der Waals surface area contributed by atoms with E-state index >= 15 is 0 Å². The monoisotopic (exact) mass is 226 g/mol. The molecule has 0 saturated carbocycles. The van der Waals surface area contributed by atoms with E-state index in [2.05, 4.69) is 4.98 Å². The molecule has 0 aliphatic heterocycles. The molecule has 0 saturated heterocycles. The molecule has 15 heavy (non-hydrogen) atoms. The highest BCUT2D eigenvalue weighted by Gasteiger charge is 2.11. The Morgan fingerprint density at radius 3 is 2.93 bits per heavy atom. The minimum absolute atomic E-state index is 0.339. The van der Waals surface area contributed by atoms with Gasteiger partial charge in [-0.3, -0.25) is 0 Å². The van der Waals surface area contributed by atoms with Gasteiger partial charge in [-0.15, -0.1) is 0 Å². The van der Waals surface area contributed by atoms with Crippen LogP contribution in [0.2, 0.25) is 0 Å². The number of imidazole rings is 1. The molecule has 1 heterocycles. The van der Waals surface area contributed by atoms with Crippen molar-refractivity contribution in [1.82, 2.24) is 9.55 Å². The molecular formula is C10H14N2O2S. The Bertz CT molecular complexity index is 371. The van der Waals surface area contributed by atoms with Gasteiger partial charge in [0.05, 0.1) is 4.91 Å². The lowest BCUT2D eigenvalue weighted by atomic mass is 10.3. The summed E-state index contributed by atoms with van der Waals surface area (Å²) in [6, 6.07) is 0. The zero-order chi connectivity index (χ0) is 11.3. The van der Waals surface area contributed by atoms with Crippen molar-refractivity contribution in [3.63, 3.8) is 0 Å². The number of aromatic nitrogens is 2.